The van der Waals surface area contributed by atoms with E-state index < -0.39 is 0 Å². The van der Waals surface area contributed by atoms with E-state index in [0.29, 0.717) is 13.1 Å². The summed E-state index contributed by atoms with van der Waals surface area (Å²) < 4.78 is 14.9. The molecule has 0 aliphatic carbocycles. The molecule has 0 unspecified atom stereocenters. The summed E-state index contributed by atoms with van der Waals surface area (Å²) >= 11 is 0. The quantitative estimate of drug-likeness (QED) is 0.753. The summed E-state index contributed by atoms with van der Waals surface area (Å²) in [6, 6.07) is 8.11. The number of aromatic nitrogens is 4. The molecular weight excluding hydrogens is 307 g/mol. The van der Waals surface area contributed by atoms with E-state index in [-0.39, 0.29) is 5.82 Å². The Labute approximate surface area is 139 Å². The highest BCUT2D eigenvalue weighted by atomic mass is 19.1. The highest BCUT2D eigenvalue weighted by Gasteiger charge is 2.13. The molecule has 0 aliphatic heterocycles. The molecule has 3 rings (SSSR count). The van der Waals surface area contributed by atoms with Crippen molar-refractivity contribution in [3.05, 3.63) is 65.1 Å². The van der Waals surface area contributed by atoms with E-state index in [2.05, 4.69) is 20.4 Å². The van der Waals surface area contributed by atoms with Crippen LogP contribution >= 0.6 is 0 Å². The maximum absolute atomic E-state index is 13.1. The lowest BCUT2D eigenvalue weighted by Gasteiger charge is -2.08. The fourth-order valence-corrected chi connectivity index (χ4v) is 2.55. The van der Waals surface area contributed by atoms with Gasteiger partial charge in [-0.1, -0.05) is 0 Å². The molecule has 3 aromatic rings. The number of rotatable bonds is 5. The molecule has 124 valence electrons. The lowest BCUT2D eigenvalue weighted by Crippen LogP contribution is -2.06. The lowest BCUT2D eigenvalue weighted by molar-refractivity contribution is 0.627. The van der Waals surface area contributed by atoms with Gasteiger partial charge in [0, 0.05) is 30.4 Å². The van der Waals surface area contributed by atoms with Gasteiger partial charge in [-0.2, -0.15) is 5.10 Å². The number of hydrogen-bond acceptors (Lipinski definition) is 5. The first kappa shape index (κ1) is 16.1. The van der Waals surface area contributed by atoms with Gasteiger partial charge < -0.3 is 11.1 Å². The number of aryl methyl sites for hydroxylation is 1. The molecule has 24 heavy (non-hydrogen) atoms. The van der Waals surface area contributed by atoms with Gasteiger partial charge in [0.25, 0.3) is 0 Å². The molecule has 0 saturated carbocycles. The molecule has 0 fully saturated rings. The number of hydrogen-bond donors (Lipinski definition) is 2. The summed E-state index contributed by atoms with van der Waals surface area (Å²) in [5, 5.41) is 7.83. The first-order chi connectivity index (χ1) is 11.6. The van der Waals surface area contributed by atoms with Crippen LogP contribution in [-0.4, -0.2) is 19.7 Å². The Morgan fingerprint density at radius 3 is 2.62 bits per heavy atom. The molecule has 6 nitrogen and oxygen atoms in total. The molecule has 7 heteroatoms. The van der Waals surface area contributed by atoms with Crippen LogP contribution in [0.4, 0.5) is 10.2 Å². The molecule has 0 aliphatic rings. The third-order valence-electron chi connectivity index (χ3n) is 3.89. The van der Waals surface area contributed by atoms with Crippen molar-refractivity contribution < 1.29 is 4.39 Å². The smallest absolute Gasteiger partial charge is 0.129 e. The number of anilines is 1. The van der Waals surface area contributed by atoms with Gasteiger partial charge >= 0.3 is 0 Å². The van der Waals surface area contributed by atoms with Crippen LogP contribution in [0.1, 0.15) is 22.6 Å². The second-order valence-electron chi connectivity index (χ2n) is 5.49. The third-order valence-corrected chi connectivity index (χ3v) is 3.89. The number of nitrogens with two attached hydrogens (primary N) is 1. The van der Waals surface area contributed by atoms with Gasteiger partial charge in [-0.25, -0.2) is 19.0 Å². The van der Waals surface area contributed by atoms with Crippen molar-refractivity contribution in [2.75, 3.05) is 5.32 Å². The molecule has 0 radical (unpaired) electrons. The summed E-state index contributed by atoms with van der Waals surface area (Å²) in [4.78, 5) is 8.27. The predicted octanol–water partition coefficient (Wildman–Crippen LogP) is 2.49. The van der Waals surface area contributed by atoms with Crippen LogP contribution in [0.2, 0.25) is 0 Å². The zero-order valence-corrected chi connectivity index (χ0v) is 13.6. The van der Waals surface area contributed by atoms with Crippen LogP contribution < -0.4 is 11.1 Å². The summed E-state index contributed by atoms with van der Waals surface area (Å²) in [6.45, 7) is 4.90. The number of benzene rings is 1. The first-order valence-electron chi connectivity index (χ1n) is 7.64. The largest absolute Gasteiger partial charge is 0.366 e. The van der Waals surface area contributed by atoms with Gasteiger partial charge in [-0.3, -0.25) is 0 Å². The van der Waals surface area contributed by atoms with Gasteiger partial charge in [0.15, 0.2) is 0 Å². The molecule has 0 amide bonds. The van der Waals surface area contributed by atoms with Crippen LogP contribution in [0.5, 0.6) is 0 Å². The van der Waals surface area contributed by atoms with E-state index in [0.717, 1.165) is 34.2 Å². The minimum Gasteiger partial charge on any atom is -0.366 e. The Kier molecular flexibility index (Phi) is 4.52. The van der Waals surface area contributed by atoms with Crippen LogP contribution in [0, 0.1) is 19.7 Å². The van der Waals surface area contributed by atoms with E-state index in [9.17, 15) is 4.39 Å². The standard InChI is InChI=1S/C17H19FN6/c1-11-16(9-20-17-7-14(8-19)21-10-22-17)12(2)24(23-11)15-5-3-13(18)4-6-15/h3-7,10H,8-9,19H2,1-2H3,(H,20,21,22). The second-order valence-corrected chi connectivity index (χ2v) is 5.49. The maximum atomic E-state index is 13.1. The fraction of sp³-hybridized carbons (Fsp3) is 0.235. The predicted molar refractivity (Wildman–Crippen MR) is 90.2 cm³/mol. The van der Waals surface area contributed by atoms with Crippen molar-refractivity contribution in [1.82, 2.24) is 19.7 Å². The topological polar surface area (TPSA) is 81.7 Å². The normalized spacial score (nSPS) is 10.8. The minimum absolute atomic E-state index is 0.262. The first-order valence-corrected chi connectivity index (χ1v) is 7.64. The van der Waals surface area contributed by atoms with Crippen molar-refractivity contribution >= 4 is 5.82 Å². The van der Waals surface area contributed by atoms with Crippen LogP contribution in [0.3, 0.4) is 0 Å². The maximum Gasteiger partial charge on any atom is 0.129 e. The minimum atomic E-state index is -0.262. The zero-order chi connectivity index (χ0) is 17.1. The molecule has 0 bridgehead atoms. The van der Waals surface area contributed by atoms with Crippen LogP contribution in [0.15, 0.2) is 36.7 Å². The number of nitrogens with one attached hydrogen (secondary N) is 1. The zero-order valence-electron chi connectivity index (χ0n) is 13.6. The molecule has 2 aromatic heterocycles. The van der Waals surface area contributed by atoms with Crippen LogP contribution in [-0.2, 0) is 13.1 Å². The average Bonchev–Trinajstić information content (AvgIpc) is 2.88. The summed E-state index contributed by atoms with van der Waals surface area (Å²) in [5.41, 5.74) is 10.2. The van der Waals surface area contributed by atoms with Crippen LogP contribution in [0.25, 0.3) is 5.69 Å². The van der Waals surface area contributed by atoms with E-state index in [1.54, 1.807) is 12.1 Å². The van der Waals surface area contributed by atoms with E-state index in [1.807, 2.05) is 24.6 Å². The Balaban J connectivity index is 1.82. The molecule has 0 spiro atoms. The second kappa shape index (κ2) is 6.76. The highest BCUT2D eigenvalue weighted by molar-refractivity contribution is 5.41. The van der Waals surface area contributed by atoms with E-state index >= 15 is 0 Å². The van der Waals surface area contributed by atoms with Gasteiger partial charge in [-0.15, -0.1) is 0 Å². The highest BCUT2D eigenvalue weighted by Crippen LogP contribution is 2.19. The Hall–Kier alpha value is -2.80. The SMILES string of the molecule is Cc1nn(-c2ccc(F)cc2)c(C)c1CNc1cc(CN)ncn1. The molecule has 0 saturated heterocycles. The van der Waals surface area contributed by atoms with Crippen molar-refractivity contribution in [3.63, 3.8) is 0 Å². The average molecular weight is 326 g/mol. The molecular formula is C17H19FN6. The monoisotopic (exact) mass is 326 g/mol. The van der Waals surface area contributed by atoms with Crippen molar-refractivity contribution in [2.24, 2.45) is 5.73 Å². The number of nitrogens with zero attached hydrogens (tertiary/aromatic N) is 4. The molecule has 2 heterocycles. The van der Waals surface area contributed by atoms with Crippen molar-refractivity contribution in [2.45, 2.75) is 26.9 Å². The molecule has 1 aromatic carbocycles. The Morgan fingerprint density at radius 1 is 1.17 bits per heavy atom. The fourth-order valence-electron chi connectivity index (χ4n) is 2.55. The van der Waals surface area contributed by atoms with Crippen molar-refractivity contribution in [3.8, 4) is 5.69 Å². The van der Waals surface area contributed by atoms with E-state index in [4.69, 9.17) is 5.73 Å². The summed E-state index contributed by atoms with van der Waals surface area (Å²) in [5.74, 6) is 0.459. The van der Waals surface area contributed by atoms with Gasteiger partial charge in [0.1, 0.15) is 18.0 Å². The third kappa shape index (κ3) is 3.26. The van der Waals surface area contributed by atoms with Crippen molar-refractivity contribution in [1.29, 1.82) is 0 Å². The number of halogens is 1. The molecule has 0 atom stereocenters. The van der Waals surface area contributed by atoms with E-state index in [1.165, 1.54) is 18.5 Å². The summed E-state index contributed by atoms with van der Waals surface area (Å²) in [6.07, 6.45) is 1.49. The Bertz CT molecular complexity index is 841. The van der Waals surface area contributed by atoms with Gasteiger partial charge in [0.2, 0.25) is 0 Å². The summed E-state index contributed by atoms with van der Waals surface area (Å²) in [7, 11) is 0. The van der Waals surface area contributed by atoms with Gasteiger partial charge in [-0.05, 0) is 38.1 Å². The lowest BCUT2D eigenvalue weighted by atomic mass is 10.2. The molecule has 3 N–H and O–H groups in total. The Morgan fingerprint density at radius 2 is 1.92 bits per heavy atom. The van der Waals surface area contributed by atoms with Gasteiger partial charge in [0.05, 0.1) is 17.1 Å².